The van der Waals surface area contributed by atoms with Gasteiger partial charge >= 0.3 is 0 Å². The van der Waals surface area contributed by atoms with E-state index in [2.05, 4.69) is 21.6 Å². The summed E-state index contributed by atoms with van der Waals surface area (Å²) in [5.41, 5.74) is 0.361. The predicted octanol–water partition coefficient (Wildman–Crippen LogP) is 3.24. The van der Waals surface area contributed by atoms with Gasteiger partial charge in [-0.25, -0.2) is 9.37 Å². The van der Waals surface area contributed by atoms with Crippen molar-refractivity contribution in [2.24, 2.45) is 0 Å². The quantitative estimate of drug-likeness (QED) is 0.707. The third-order valence-corrected chi connectivity index (χ3v) is 6.59. The molecule has 3 aliphatic heterocycles. The van der Waals surface area contributed by atoms with E-state index in [0.717, 1.165) is 24.2 Å². The van der Waals surface area contributed by atoms with E-state index in [1.807, 2.05) is 42.2 Å². The fourth-order valence-electron chi connectivity index (χ4n) is 5.00. The third-order valence-electron chi connectivity index (χ3n) is 6.59. The van der Waals surface area contributed by atoms with Crippen molar-refractivity contribution >= 4 is 17.4 Å². The minimum Gasteiger partial charge on any atom is -0.356 e. The van der Waals surface area contributed by atoms with Crippen LogP contribution >= 0.6 is 0 Å². The number of carbonyl (C=O) groups is 1. The van der Waals surface area contributed by atoms with E-state index in [4.69, 9.17) is 4.74 Å². The number of piperidine rings is 1. The van der Waals surface area contributed by atoms with E-state index in [1.54, 1.807) is 6.20 Å². The molecule has 0 aromatic carbocycles. The molecule has 5 rings (SSSR count). The van der Waals surface area contributed by atoms with Crippen LogP contribution in [-0.2, 0) is 9.53 Å². The van der Waals surface area contributed by atoms with Crippen molar-refractivity contribution in [2.45, 2.75) is 50.5 Å². The van der Waals surface area contributed by atoms with Gasteiger partial charge in [0, 0.05) is 32.1 Å². The van der Waals surface area contributed by atoms with Crippen molar-refractivity contribution in [3.63, 3.8) is 0 Å². The molecule has 0 N–H and O–H groups in total. The first-order chi connectivity index (χ1) is 15.0. The van der Waals surface area contributed by atoms with Crippen molar-refractivity contribution < 1.29 is 13.9 Å². The molecule has 2 aromatic heterocycles. The van der Waals surface area contributed by atoms with Crippen LogP contribution in [0.25, 0.3) is 5.65 Å². The van der Waals surface area contributed by atoms with Crippen LogP contribution in [0.4, 0.5) is 10.2 Å². The summed E-state index contributed by atoms with van der Waals surface area (Å²) in [6.07, 6.45) is 13.3. The molecule has 0 unspecified atom stereocenters. The monoisotopic (exact) mass is 423 g/mol. The van der Waals surface area contributed by atoms with Gasteiger partial charge in [-0.05, 0) is 31.4 Å². The summed E-state index contributed by atoms with van der Waals surface area (Å²) in [4.78, 5) is 21.6. The Morgan fingerprint density at radius 2 is 2.13 bits per heavy atom. The van der Waals surface area contributed by atoms with Crippen LogP contribution in [0, 0.1) is 5.82 Å². The zero-order chi connectivity index (χ0) is 21.6. The average molecular weight is 423 g/mol. The Labute approximate surface area is 180 Å². The second-order valence-corrected chi connectivity index (χ2v) is 8.35. The summed E-state index contributed by atoms with van der Waals surface area (Å²) in [6.45, 7) is 7.41. The SMILES string of the molecule is C=C(/C=C\C=C/C)[C@@H]1CC[C@H]2OC3(CCN(c4ccnc5c(F)cnn45)CC3)C(=O)N21. The fraction of sp³-hybridized carbons (Fsp3) is 0.435. The largest absolute Gasteiger partial charge is 0.356 e. The van der Waals surface area contributed by atoms with Crippen LogP contribution in [0.15, 0.2) is 54.9 Å². The number of rotatable bonds is 4. The number of allylic oxidation sites excluding steroid dienone is 3. The van der Waals surface area contributed by atoms with Crippen molar-refractivity contribution in [2.75, 3.05) is 18.0 Å². The highest BCUT2D eigenvalue weighted by Crippen LogP contribution is 2.44. The van der Waals surface area contributed by atoms with Crippen LogP contribution in [0.1, 0.15) is 32.6 Å². The Hall–Kier alpha value is -3.00. The van der Waals surface area contributed by atoms with E-state index in [-0.39, 0.29) is 23.8 Å². The highest BCUT2D eigenvalue weighted by atomic mass is 19.1. The van der Waals surface area contributed by atoms with Crippen molar-refractivity contribution in [1.29, 1.82) is 0 Å². The Bertz CT molecular complexity index is 1080. The summed E-state index contributed by atoms with van der Waals surface area (Å²) >= 11 is 0. The number of nitrogens with zero attached hydrogens (tertiary/aromatic N) is 5. The van der Waals surface area contributed by atoms with Crippen LogP contribution in [0.5, 0.6) is 0 Å². The number of aromatic nitrogens is 3. The van der Waals surface area contributed by atoms with Crippen molar-refractivity contribution in [1.82, 2.24) is 19.5 Å². The van der Waals surface area contributed by atoms with Gasteiger partial charge in [0.05, 0.1) is 12.2 Å². The number of hydrogen-bond donors (Lipinski definition) is 0. The maximum absolute atomic E-state index is 13.9. The van der Waals surface area contributed by atoms with Crippen LogP contribution in [0.3, 0.4) is 0 Å². The lowest BCUT2D eigenvalue weighted by Gasteiger charge is -2.38. The third kappa shape index (κ3) is 3.17. The molecule has 2 atom stereocenters. The van der Waals surface area contributed by atoms with Gasteiger partial charge < -0.3 is 14.5 Å². The molecule has 2 aromatic rings. The number of ether oxygens (including phenoxy) is 1. The lowest BCUT2D eigenvalue weighted by Crippen LogP contribution is -2.51. The number of anilines is 1. The zero-order valence-corrected chi connectivity index (χ0v) is 17.6. The van der Waals surface area contributed by atoms with Crippen LogP contribution in [-0.4, -0.2) is 56.4 Å². The zero-order valence-electron chi connectivity index (χ0n) is 17.6. The number of amides is 1. The van der Waals surface area contributed by atoms with E-state index < -0.39 is 11.4 Å². The van der Waals surface area contributed by atoms with Gasteiger partial charge in [0.1, 0.15) is 12.0 Å². The predicted molar refractivity (Wildman–Crippen MR) is 115 cm³/mol. The minimum absolute atomic E-state index is 0.0108. The van der Waals surface area contributed by atoms with Crippen molar-refractivity contribution in [3.05, 3.63) is 60.7 Å². The first kappa shape index (κ1) is 19.9. The molecule has 5 heterocycles. The Morgan fingerprint density at radius 1 is 1.32 bits per heavy atom. The molecular weight excluding hydrogens is 397 g/mol. The fourth-order valence-corrected chi connectivity index (χ4v) is 5.00. The number of fused-ring (bicyclic) bond motifs is 2. The summed E-state index contributed by atoms with van der Waals surface area (Å²) in [5.74, 6) is 0.403. The molecule has 3 saturated heterocycles. The normalized spacial score (nSPS) is 25.5. The number of carbonyl (C=O) groups excluding carboxylic acids is 1. The molecule has 3 fully saturated rings. The number of hydrogen-bond acceptors (Lipinski definition) is 5. The van der Waals surface area contributed by atoms with E-state index in [9.17, 15) is 9.18 Å². The lowest BCUT2D eigenvalue weighted by molar-refractivity contribution is -0.140. The average Bonchev–Trinajstić information content (AvgIpc) is 3.44. The van der Waals surface area contributed by atoms with Gasteiger partial charge in [0.25, 0.3) is 5.91 Å². The molecule has 0 aliphatic carbocycles. The highest BCUT2D eigenvalue weighted by Gasteiger charge is 2.58. The molecule has 0 radical (unpaired) electrons. The number of halogens is 1. The van der Waals surface area contributed by atoms with Gasteiger partial charge in [-0.3, -0.25) is 4.79 Å². The Morgan fingerprint density at radius 3 is 2.90 bits per heavy atom. The smallest absolute Gasteiger partial charge is 0.257 e. The van der Waals surface area contributed by atoms with Gasteiger partial charge in [-0.1, -0.05) is 30.9 Å². The van der Waals surface area contributed by atoms with Crippen molar-refractivity contribution in [3.8, 4) is 0 Å². The van der Waals surface area contributed by atoms with Gasteiger partial charge in [-0.15, -0.1) is 0 Å². The molecule has 31 heavy (non-hydrogen) atoms. The first-order valence-corrected chi connectivity index (χ1v) is 10.8. The maximum Gasteiger partial charge on any atom is 0.257 e. The first-order valence-electron chi connectivity index (χ1n) is 10.8. The topological polar surface area (TPSA) is 63.0 Å². The van der Waals surface area contributed by atoms with Gasteiger partial charge in [0.2, 0.25) is 0 Å². The standard InChI is InChI=1S/C23H26FN5O2/c1-3-4-5-6-16(2)18-7-8-20-28(18)22(30)23(31-20)10-13-27(14-11-23)19-9-12-25-21-17(24)15-26-29(19)21/h3-6,9,12,15,18,20H,2,7-8,10-11,13-14H2,1H3/b4-3-,6-5-/t18-,20+/m0/s1. The summed E-state index contributed by atoms with van der Waals surface area (Å²) in [6, 6.07) is 1.81. The molecule has 3 aliphatic rings. The molecule has 0 bridgehead atoms. The summed E-state index contributed by atoms with van der Waals surface area (Å²) in [7, 11) is 0. The lowest BCUT2D eigenvalue weighted by atomic mass is 9.89. The maximum atomic E-state index is 13.9. The second-order valence-electron chi connectivity index (χ2n) is 8.35. The molecule has 7 nitrogen and oxygen atoms in total. The second kappa shape index (κ2) is 7.60. The highest BCUT2D eigenvalue weighted by molar-refractivity contribution is 5.88. The molecule has 0 saturated carbocycles. The summed E-state index contributed by atoms with van der Waals surface area (Å²) < 4.78 is 21.8. The minimum atomic E-state index is -0.783. The van der Waals surface area contributed by atoms with Gasteiger partial charge in [-0.2, -0.15) is 9.61 Å². The molecular formula is C23H26FN5O2. The van der Waals surface area contributed by atoms with Crippen LogP contribution < -0.4 is 4.90 Å². The van der Waals surface area contributed by atoms with Gasteiger partial charge in [0.15, 0.2) is 17.1 Å². The Kier molecular flexibility index (Phi) is 4.89. The Balaban J connectivity index is 1.32. The van der Waals surface area contributed by atoms with E-state index in [0.29, 0.717) is 25.9 Å². The molecule has 162 valence electrons. The summed E-state index contributed by atoms with van der Waals surface area (Å²) in [5, 5.41) is 4.11. The molecule has 8 heteroatoms. The van der Waals surface area contributed by atoms with E-state index >= 15 is 0 Å². The molecule has 1 amide bonds. The molecule has 1 spiro atoms. The van der Waals surface area contributed by atoms with Crippen LogP contribution in [0.2, 0.25) is 0 Å². The van der Waals surface area contributed by atoms with E-state index in [1.165, 1.54) is 10.7 Å².